The number of para-hydroxylation sites is 1. The number of phenols is 1. The zero-order chi connectivity index (χ0) is 17.4. The average molecular weight is 328 g/mol. The molecule has 0 unspecified atom stereocenters. The monoisotopic (exact) mass is 328 g/mol. The number of aromatic hydroxyl groups is 1. The van der Waals surface area contributed by atoms with Gasteiger partial charge in [0.25, 0.3) is 0 Å². The molecule has 0 aliphatic heterocycles. The predicted molar refractivity (Wildman–Crippen MR) is 84.3 cm³/mol. The van der Waals surface area contributed by atoms with Gasteiger partial charge in [-0.2, -0.15) is 0 Å². The molecule has 0 amide bonds. The number of esters is 2. The summed E-state index contributed by atoms with van der Waals surface area (Å²) >= 11 is 0. The van der Waals surface area contributed by atoms with Gasteiger partial charge in [0.2, 0.25) is 0 Å². The number of hydrogen-bond acceptors (Lipinski definition) is 7. The molecular weight excluding hydrogens is 316 g/mol. The number of methoxy groups -OCH3 is 2. The van der Waals surface area contributed by atoms with Gasteiger partial charge in [-0.15, -0.1) is 0 Å². The van der Waals surface area contributed by atoms with E-state index in [1.807, 2.05) is 0 Å². The lowest BCUT2D eigenvalue weighted by atomic mass is 9.97. The number of phenolic OH excluding ortho intramolecular Hbond substituents is 1. The lowest BCUT2D eigenvalue weighted by Gasteiger charge is -2.12. The molecule has 0 bridgehead atoms. The minimum Gasteiger partial charge on any atom is -0.506 e. The van der Waals surface area contributed by atoms with E-state index in [0.717, 1.165) is 20.3 Å². The molecule has 1 heterocycles. The summed E-state index contributed by atoms with van der Waals surface area (Å²) in [6.07, 6.45) is 0. The Labute approximate surface area is 135 Å². The molecule has 0 saturated heterocycles. The van der Waals surface area contributed by atoms with Gasteiger partial charge in [-0.05, 0) is 12.1 Å². The van der Waals surface area contributed by atoms with Crippen molar-refractivity contribution in [2.45, 2.75) is 0 Å². The first kappa shape index (κ1) is 15.5. The molecule has 0 spiro atoms. The fourth-order valence-corrected chi connectivity index (χ4v) is 2.60. The smallest absolute Gasteiger partial charge is 0.344 e. The Morgan fingerprint density at radius 1 is 1.04 bits per heavy atom. The highest BCUT2D eigenvalue weighted by Crippen LogP contribution is 2.35. The van der Waals surface area contributed by atoms with Crippen molar-refractivity contribution < 1.29 is 28.6 Å². The number of carbonyl (C=O) groups is 2. The summed E-state index contributed by atoms with van der Waals surface area (Å²) in [7, 11) is 2.25. The summed E-state index contributed by atoms with van der Waals surface area (Å²) in [6, 6.07) is 7.68. The molecule has 7 nitrogen and oxygen atoms in total. The Bertz CT molecular complexity index is 1050. The van der Waals surface area contributed by atoms with E-state index in [1.165, 1.54) is 0 Å². The van der Waals surface area contributed by atoms with Crippen LogP contribution in [0.4, 0.5) is 0 Å². The lowest BCUT2D eigenvalue weighted by molar-refractivity contribution is 0.0594. The van der Waals surface area contributed by atoms with E-state index < -0.39 is 23.3 Å². The van der Waals surface area contributed by atoms with Gasteiger partial charge in [-0.3, -0.25) is 0 Å². The van der Waals surface area contributed by atoms with E-state index >= 15 is 0 Å². The van der Waals surface area contributed by atoms with Crippen LogP contribution in [0.3, 0.4) is 0 Å². The van der Waals surface area contributed by atoms with Crippen molar-refractivity contribution in [3.05, 3.63) is 51.9 Å². The third-order valence-electron chi connectivity index (χ3n) is 3.67. The van der Waals surface area contributed by atoms with E-state index in [2.05, 4.69) is 4.74 Å². The number of carbonyl (C=O) groups excluding carboxylic acids is 2. The molecule has 1 N–H and O–H groups in total. The predicted octanol–water partition coefficient (Wildman–Crippen LogP) is 2.23. The van der Waals surface area contributed by atoms with Crippen molar-refractivity contribution in [3.8, 4) is 5.75 Å². The van der Waals surface area contributed by atoms with Gasteiger partial charge in [0.1, 0.15) is 22.5 Å². The zero-order valence-electron chi connectivity index (χ0n) is 12.8. The van der Waals surface area contributed by atoms with Crippen molar-refractivity contribution in [2.24, 2.45) is 0 Å². The van der Waals surface area contributed by atoms with Gasteiger partial charge in [-0.1, -0.05) is 18.2 Å². The number of fused-ring (bicyclic) bond motifs is 3. The van der Waals surface area contributed by atoms with Crippen LogP contribution in [0.25, 0.3) is 21.7 Å². The van der Waals surface area contributed by atoms with Crippen molar-refractivity contribution in [2.75, 3.05) is 14.2 Å². The van der Waals surface area contributed by atoms with Gasteiger partial charge in [0.05, 0.1) is 19.6 Å². The van der Waals surface area contributed by atoms with Crippen LogP contribution in [-0.4, -0.2) is 31.3 Å². The number of rotatable bonds is 2. The molecule has 7 heteroatoms. The van der Waals surface area contributed by atoms with Gasteiger partial charge >= 0.3 is 17.6 Å². The summed E-state index contributed by atoms with van der Waals surface area (Å²) < 4.78 is 14.5. The second-order valence-electron chi connectivity index (χ2n) is 4.94. The second kappa shape index (κ2) is 5.69. The molecule has 24 heavy (non-hydrogen) atoms. The van der Waals surface area contributed by atoms with Crippen molar-refractivity contribution in [1.29, 1.82) is 0 Å². The van der Waals surface area contributed by atoms with Crippen LogP contribution >= 0.6 is 0 Å². The van der Waals surface area contributed by atoms with Crippen LogP contribution in [-0.2, 0) is 9.47 Å². The normalized spacial score (nSPS) is 10.8. The van der Waals surface area contributed by atoms with Crippen LogP contribution < -0.4 is 5.63 Å². The summed E-state index contributed by atoms with van der Waals surface area (Å²) in [5, 5.41) is 11.0. The minimum absolute atomic E-state index is 0.0349. The van der Waals surface area contributed by atoms with E-state index in [4.69, 9.17) is 9.15 Å². The summed E-state index contributed by atoms with van der Waals surface area (Å²) in [4.78, 5) is 36.3. The highest BCUT2D eigenvalue weighted by Gasteiger charge is 2.26. The number of benzene rings is 2. The molecule has 3 rings (SSSR count). The molecule has 3 aromatic rings. The maximum Gasteiger partial charge on any atom is 0.344 e. The van der Waals surface area contributed by atoms with Crippen LogP contribution in [0, 0.1) is 0 Å². The highest BCUT2D eigenvalue weighted by molar-refractivity contribution is 6.18. The van der Waals surface area contributed by atoms with Crippen LogP contribution in [0.5, 0.6) is 5.75 Å². The zero-order valence-corrected chi connectivity index (χ0v) is 12.8. The second-order valence-corrected chi connectivity index (χ2v) is 4.94. The average Bonchev–Trinajstić information content (AvgIpc) is 2.60. The molecule has 122 valence electrons. The Morgan fingerprint density at radius 3 is 2.38 bits per heavy atom. The molecule has 1 aromatic heterocycles. The fourth-order valence-electron chi connectivity index (χ4n) is 2.60. The quantitative estimate of drug-likeness (QED) is 0.437. The van der Waals surface area contributed by atoms with Gasteiger partial charge < -0.3 is 19.0 Å². The van der Waals surface area contributed by atoms with E-state index in [-0.39, 0.29) is 27.5 Å². The van der Waals surface area contributed by atoms with Gasteiger partial charge in [0, 0.05) is 10.8 Å². The topological polar surface area (TPSA) is 103 Å². The first-order chi connectivity index (χ1) is 11.5. The number of hydrogen-bond donors (Lipinski definition) is 1. The molecular formula is C17H12O7. The molecule has 0 aliphatic rings. The van der Waals surface area contributed by atoms with E-state index in [0.29, 0.717) is 5.39 Å². The summed E-state index contributed by atoms with van der Waals surface area (Å²) in [5.41, 5.74) is -1.13. The van der Waals surface area contributed by atoms with Gasteiger partial charge in [0.15, 0.2) is 0 Å². The summed E-state index contributed by atoms with van der Waals surface area (Å²) in [6.45, 7) is 0. The Kier molecular flexibility index (Phi) is 3.69. The standard InChI is InChI=1S/C17H12O7/c1-22-15(19)10-7-9-12(13(14(10)18)17(21)23-2)8-5-3-4-6-11(8)24-16(9)20/h3-7,18H,1-2H3. The first-order valence-corrected chi connectivity index (χ1v) is 6.87. The number of ether oxygens (including phenoxy) is 2. The highest BCUT2D eigenvalue weighted by atomic mass is 16.5. The van der Waals surface area contributed by atoms with Gasteiger partial charge in [-0.25, -0.2) is 14.4 Å². The van der Waals surface area contributed by atoms with Crippen LogP contribution in [0.1, 0.15) is 20.7 Å². The van der Waals surface area contributed by atoms with E-state index in [1.54, 1.807) is 24.3 Å². The maximum absolute atomic E-state index is 12.3. The molecule has 0 aliphatic carbocycles. The van der Waals surface area contributed by atoms with Crippen molar-refractivity contribution in [3.63, 3.8) is 0 Å². The lowest BCUT2D eigenvalue weighted by Crippen LogP contribution is -2.12. The van der Waals surface area contributed by atoms with Crippen LogP contribution in [0.15, 0.2) is 39.5 Å². The van der Waals surface area contributed by atoms with Crippen molar-refractivity contribution in [1.82, 2.24) is 0 Å². The van der Waals surface area contributed by atoms with Crippen LogP contribution in [0.2, 0.25) is 0 Å². The SMILES string of the molecule is COC(=O)c1cc2c(=O)oc3ccccc3c2c(C(=O)OC)c1O. The molecule has 0 fully saturated rings. The molecule has 0 radical (unpaired) electrons. The Balaban J connectivity index is 2.62. The molecule has 0 saturated carbocycles. The Morgan fingerprint density at radius 2 is 1.71 bits per heavy atom. The summed E-state index contributed by atoms with van der Waals surface area (Å²) in [5.74, 6) is -2.40. The molecule has 2 aromatic carbocycles. The largest absolute Gasteiger partial charge is 0.506 e. The minimum atomic E-state index is -0.896. The maximum atomic E-state index is 12.3. The third-order valence-corrected chi connectivity index (χ3v) is 3.67. The third kappa shape index (κ3) is 2.18. The first-order valence-electron chi connectivity index (χ1n) is 6.87. The Hall–Kier alpha value is -3.35. The van der Waals surface area contributed by atoms with Crippen molar-refractivity contribution >= 4 is 33.7 Å². The van der Waals surface area contributed by atoms with E-state index in [9.17, 15) is 19.5 Å². The molecule has 0 atom stereocenters. The fraction of sp³-hybridized carbons (Fsp3) is 0.118.